The number of benzene rings is 1. The summed E-state index contributed by atoms with van der Waals surface area (Å²) < 4.78 is 0. The molecule has 0 unspecified atom stereocenters. The van der Waals surface area contributed by atoms with Crippen LogP contribution in [-0.4, -0.2) is 22.4 Å². The van der Waals surface area contributed by atoms with Crippen LogP contribution in [0.3, 0.4) is 0 Å². The van der Waals surface area contributed by atoms with Gasteiger partial charge in [-0.2, -0.15) is 10.5 Å². The van der Waals surface area contributed by atoms with Crippen LogP contribution in [0.5, 0.6) is 0 Å². The van der Waals surface area contributed by atoms with Crippen molar-refractivity contribution in [2.24, 2.45) is 0 Å². The summed E-state index contributed by atoms with van der Waals surface area (Å²) >= 11 is 1.11. The fraction of sp³-hybridized carbons (Fsp3) is 0.167. The number of aromatic nitrogens is 1. The molecule has 1 aromatic carbocycles. The molecular weight excluding hydrogens is 336 g/mol. The van der Waals surface area contributed by atoms with Crippen molar-refractivity contribution in [2.45, 2.75) is 18.9 Å². The van der Waals surface area contributed by atoms with Gasteiger partial charge in [-0.15, -0.1) is 0 Å². The number of aryl methyl sites for hydroxylation is 1. The lowest BCUT2D eigenvalue weighted by atomic mass is 10.1. The van der Waals surface area contributed by atoms with Crippen molar-refractivity contribution in [3.63, 3.8) is 0 Å². The first-order valence-electron chi connectivity index (χ1n) is 7.30. The molecular formula is C18H14N4O2S. The second kappa shape index (κ2) is 8.09. The van der Waals surface area contributed by atoms with E-state index in [0.29, 0.717) is 27.5 Å². The molecule has 25 heavy (non-hydrogen) atoms. The van der Waals surface area contributed by atoms with Gasteiger partial charge in [-0.25, -0.2) is 4.98 Å². The highest BCUT2D eigenvalue weighted by Crippen LogP contribution is 2.23. The van der Waals surface area contributed by atoms with E-state index in [1.807, 2.05) is 12.1 Å². The van der Waals surface area contributed by atoms with Gasteiger partial charge in [0, 0.05) is 11.3 Å². The van der Waals surface area contributed by atoms with Crippen molar-refractivity contribution in [1.29, 1.82) is 10.5 Å². The molecule has 0 saturated heterocycles. The minimum atomic E-state index is -0.313. The predicted molar refractivity (Wildman–Crippen MR) is 94.2 cm³/mol. The summed E-state index contributed by atoms with van der Waals surface area (Å²) in [4.78, 5) is 27.9. The van der Waals surface area contributed by atoms with Crippen LogP contribution in [0.15, 0.2) is 35.4 Å². The monoisotopic (exact) mass is 350 g/mol. The van der Waals surface area contributed by atoms with E-state index in [4.69, 9.17) is 5.26 Å². The number of Topliss-reactive ketones (excluding diaryl/α,β-unsaturated/α-hetero) is 1. The third-order valence-electron chi connectivity index (χ3n) is 3.34. The van der Waals surface area contributed by atoms with Gasteiger partial charge in [0.25, 0.3) is 0 Å². The highest BCUT2D eigenvalue weighted by molar-refractivity contribution is 8.00. The van der Waals surface area contributed by atoms with E-state index in [9.17, 15) is 14.9 Å². The number of hydrogen-bond acceptors (Lipinski definition) is 6. The second-order valence-corrected chi connectivity index (χ2v) is 6.10. The normalized spacial score (nSPS) is 9.76. The maximum Gasteiger partial charge on any atom is 0.234 e. The lowest BCUT2D eigenvalue weighted by Crippen LogP contribution is -2.15. The smallest absolute Gasteiger partial charge is 0.234 e. The Hall–Kier alpha value is -3.16. The number of anilines is 1. The molecule has 0 atom stereocenters. The Bertz CT molecular complexity index is 926. The highest BCUT2D eigenvalue weighted by atomic mass is 32.2. The first-order chi connectivity index (χ1) is 12.0. The quantitative estimate of drug-likeness (QED) is 0.656. The molecule has 0 aliphatic rings. The number of nitrogens with one attached hydrogen (secondary N) is 1. The molecule has 0 radical (unpaired) electrons. The first-order valence-corrected chi connectivity index (χ1v) is 8.29. The highest BCUT2D eigenvalue weighted by Gasteiger charge is 2.14. The van der Waals surface area contributed by atoms with E-state index in [1.165, 1.54) is 13.0 Å². The van der Waals surface area contributed by atoms with Gasteiger partial charge in [0.05, 0.1) is 22.6 Å². The maximum absolute atomic E-state index is 12.1. The van der Waals surface area contributed by atoms with Gasteiger partial charge in [0.1, 0.15) is 17.2 Å². The molecule has 0 fully saturated rings. The van der Waals surface area contributed by atoms with Crippen molar-refractivity contribution in [3.05, 3.63) is 52.7 Å². The largest absolute Gasteiger partial charge is 0.324 e. The molecule has 0 saturated carbocycles. The molecule has 1 N–H and O–H groups in total. The Morgan fingerprint density at radius 2 is 1.88 bits per heavy atom. The zero-order valence-electron chi connectivity index (χ0n) is 13.7. The fourth-order valence-electron chi connectivity index (χ4n) is 2.14. The van der Waals surface area contributed by atoms with Crippen LogP contribution in [0.1, 0.15) is 34.1 Å². The second-order valence-electron chi connectivity index (χ2n) is 5.14. The van der Waals surface area contributed by atoms with Crippen molar-refractivity contribution < 1.29 is 9.59 Å². The summed E-state index contributed by atoms with van der Waals surface area (Å²) in [6.07, 6.45) is 0. The summed E-state index contributed by atoms with van der Waals surface area (Å²) in [7, 11) is 0. The van der Waals surface area contributed by atoms with Crippen LogP contribution in [0.4, 0.5) is 5.69 Å². The van der Waals surface area contributed by atoms with Crippen molar-refractivity contribution in [2.75, 3.05) is 11.1 Å². The van der Waals surface area contributed by atoms with Crippen LogP contribution >= 0.6 is 11.8 Å². The Morgan fingerprint density at radius 3 is 2.52 bits per heavy atom. The number of hydrogen-bond donors (Lipinski definition) is 1. The van der Waals surface area contributed by atoms with E-state index in [1.54, 1.807) is 31.2 Å². The fourth-order valence-corrected chi connectivity index (χ4v) is 2.94. The zero-order valence-corrected chi connectivity index (χ0v) is 14.5. The number of amides is 1. The van der Waals surface area contributed by atoms with Gasteiger partial charge < -0.3 is 5.32 Å². The number of carbonyl (C=O) groups is 2. The number of rotatable bonds is 5. The van der Waals surface area contributed by atoms with Crippen LogP contribution < -0.4 is 5.32 Å². The lowest BCUT2D eigenvalue weighted by Gasteiger charge is -2.09. The molecule has 124 valence electrons. The average Bonchev–Trinajstić information content (AvgIpc) is 2.60. The van der Waals surface area contributed by atoms with Gasteiger partial charge in [0.15, 0.2) is 5.78 Å². The van der Waals surface area contributed by atoms with Gasteiger partial charge in [-0.1, -0.05) is 23.9 Å². The van der Waals surface area contributed by atoms with Crippen molar-refractivity contribution >= 4 is 29.1 Å². The topological polar surface area (TPSA) is 107 Å². The Balaban J connectivity index is 2.12. The van der Waals surface area contributed by atoms with E-state index in [-0.39, 0.29) is 23.0 Å². The third kappa shape index (κ3) is 4.43. The predicted octanol–water partition coefficient (Wildman–Crippen LogP) is 3.07. The van der Waals surface area contributed by atoms with Crippen molar-refractivity contribution in [1.82, 2.24) is 4.98 Å². The summed E-state index contributed by atoms with van der Waals surface area (Å²) in [6.45, 7) is 3.10. The summed E-state index contributed by atoms with van der Waals surface area (Å²) in [5.74, 6) is -0.448. The van der Waals surface area contributed by atoms with Gasteiger partial charge in [-0.3, -0.25) is 9.59 Å². The molecule has 0 aliphatic carbocycles. The molecule has 1 amide bonds. The molecule has 2 rings (SSSR count). The molecule has 1 heterocycles. The molecule has 0 spiro atoms. The number of para-hydroxylation sites is 1. The van der Waals surface area contributed by atoms with E-state index in [2.05, 4.69) is 10.3 Å². The lowest BCUT2D eigenvalue weighted by molar-refractivity contribution is -0.113. The number of pyridine rings is 1. The zero-order chi connectivity index (χ0) is 18.4. The number of carbonyl (C=O) groups excluding carboxylic acids is 2. The van der Waals surface area contributed by atoms with Crippen LogP contribution in [0.25, 0.3) is 0 Å². The number of nitriles is 2. The average molecular weight is 350 g/mol. The summed E-state index contributed by atoms with van der Waals surface area (Å²) in [6, 6.07) is 12.2. The molecule has 0 aliphatic heterocycles. The number of ketones is 1. The summed E-state index contributed by atoms with van der Waals surface area (Å²) in [5.41, 5.74) is 1.98. The van der Waals surface area contributed by atoms with Crippen molar-refractivity contribution in [3.8, 4) is 12.1 Å². The molecule has 7 heteroatoms. The minimum Gasteiger partial charge on any atom is -0.324 e. The van der Waals surface area contributed by atoms with Gasteiger partial charge in [0.2, 0.25) is 5.91 Å². The van der Waals surface area contributed by atoms with Gasteiger partial charge >= 0.3 is 0 Å². The van der Waals surface area contributed by atoms with Gasteiger partial charge in [-0.05, 0) is 32.0 Å². The summed E-state index contributed by atoms with van der Waals surface area (Å²) in [5, 5.41) is 21.3. The molecule has 1 aromatic heterocycles. The Kier molecular flexibility index (Phi) is 5.89. The van der Waals surface area contributed by atoms with E-state index in [0.717, 1.165) is 11.8 Å². The van der Waals surface area contributed by atoms with Crippen LogP contribution in [0, 0.1) is 29.6 Å². The minimum absolute atomic E-state index is 0.0281. The molecule has 0 bridgehead atoms. The van der Waals surface area contributed by atoms with Crippen LogP contribution in [-0.2, 0) is 4.79 Å². The Labute approximate surface area is 149 Å². The number of nitrogens with zero attached hydrogens (tertiary/aromatic N) is 3. The SMILES string of the molecule is CC(=O)c1cc(C#N)c(SCC(=O)Nc2ccccc2C#N)nc1C. The third-order valence-corrected chi connectivity index (χ3v) is 4.33. The molecule has 6 nitrogen and oxygen atoms in total. The maximum atomic E-state index is 12.1. The Morgan fingerprint density at radius 1 is 1.20 bits per heavy atom. The molecule has 2 aromatic rings. The number of thioether (sulfide) groups is 1. The van der Waals surface area contributed by atoms with E-state index < -0.39 is 0 Å². The standard InChI is InChI=1S/C18H14N4O2S/c1-11-15(12(2)23)7-14(9-20)18(21-11)25-10-17(24)22-16-6-4-3-5-13(16)8-19/h3-7H,10H2,1-2H3,(H,22,24). The first kappa shape index (κ1) is 18.2. The van der Waals surface area contributed by atoms with Crippen LogP contribution in [0.2, 0.25) is 0 Å². The van der Waals surface area contributed by atoms with E-state index >= 15 is 0 Å².